The Morgan fingerprint density at radius 1 is 1.40 bits per heavy atom. The molecule has 0 saturated carbocycles. The second-order valence-corrected chi connectivity index (χ2v) is 4.76. The third-order valence-corrected chi connectivity index (χ3v) is 2.91. The van der Waals surface area contributed by atoms with E-state index >= 15 is 0 Å². The standard InChI is InChI=1S/C11H19NO3/c1-4-5-12-7-9-8(6-10(12)13)14-11(2,3)15-9/h8-9H,4-7H2,1-3H3. The molecule has 1 amide bonds. The van der Waals surface area contributed by atoms with Gasteiger partial charge in [-0.05, 0) is 20.3 Å². The lowest BCUT2D eigenvalue weighted by Crippen LogP contribution is -2.48. The van der Waals surface area contributed by atoms with E-state index in [-0.39, 0.29) is 18.1 Å². The normalized spacial score (nSPS) is 34.3. The molecule has 0 aromatic heterocycles. The molecule has 0 aromatic carbocycles. The number of likely N-dealkylation sites (tertiary alicyclic amines) is 1. The quantitative estimate of drug-likeness (QED) is 0.690. The fourth-order valence-corrected chi connectivity index (χ4v) is 2.34. The number of hydrogen-bond donors (Lipinski definition) is 0. The number of amides is 1. The van der Waals surface area contributed by atoms with Crippen LogP contribution in [0.4, 0.5) is 0 Å². The molecule has 0 bridgehead atoms. The Kier molecular flexibility index (Phi) is 2.73. The summed E-state index contributed by atoms with van der Waals surface area (Å²) < 4.78 is 11.4. The molecule has 0 aliphatic carbocycles. The molecular formula is C11H19NO3. The molecule has 0 aromatic rings. The Morgan fingerprint density at radius 2 is 2.07 bits per heavy atom. The lowest BCUT2D eigenvalue weighted by molar-refractivity contribution is -0.145. The zero-order chi connectivity index (χ0) is 11.1. The van der Waals surface area contributed by atoms with Crippen LogP contribution in [-0.4, -0.2) is 41.9 Å². The van der Waals surface area contributed by atoms with Gasteiger partial charge in [-0.15, -0.1) is 0 Å². The molecule has 2 rings (SSSR count). The maximum atomic E-state index is 11.7. The third-order valence-electron chi connectivity index (χ3n) is 2.91. The highest BCUT2D eigenvalue weighted by Crippen LogP contribution is 2.33. The van der Waals surface area contributed by atoms with E-state index in [9.17, 15) is 4.79 Å². The molecule has 2 aliphatic rings. The molecule has 0 N–H and O–H groups in total. The van der Waals surface area contributed by atoms with Gasteiger partial charge < -0.3 is 14.4 Å². The van der Waals surface area contributed by atoms with Crippen molar-refractivity contribution >= 4 is 5.91 Å². The first kappa shape index (κ1) is 10.9. The first-order valence-corrected chi connectivity index (χ1v) is 5.65. The van der Waals surface area contributed by atoms with Crippen molar-refractivity contribution in [1.82, 2.24) is 4.90 Å². The van der Waals surface area contributed by atoms with Gasteiger partial charge in [-0.2, -0.15) is 0 Å². The summed E-state index contributed by atoms with van der Waals surface area (Å²) in [6.07, 6.45) is 1.48. The lowest BCUT2D eigenvalue weighted by Gasteiger charge is -2.32. The molecule has 4 heteroatoms. The number of rotatable bonds is 2. The van der Waals surface area contributed by atoms with Crippen molar-refractivity contribution in [2.24, 2.45) is 0 Å². The van der Waals surface area contributed by atoms with Crippen molar-refractivity contribution in [3.8, 4) is 0 Å². The summed E-state index contributed by atoms with van der Waals surface area (Å²) >= 11 is 0. The summed E-state index contributed by atoms with van der Waals surface area (Å²) in [6, 6.07) is 0. The molecular weight excluding hydrogens is 194 g/mol. The molecule has 2 unspecified atom stereocenters. The number of ether oxygens (including phenoxy) is 2. The molecule has 2 aliphatic heterocycles. The Morgan fingerprint density at radius 3 is 2.73 bits per heavy atom. The Bertz CT molecular complexity index is 265. The maximum Gasteiger partial charge on any atom is 0.225 e. The van der Waals surface area contributed by atoms with Crippen molar-refractivity contribution < 1.29 is 14.3 Å². The second kappa shape index (κ2) is 3.76. The minimum atomic E-state index is -0.530. The highest BCUT2D eigenvalue weighted by atomic mass is 16.8. The minimum absolute atomic E-state index is 0.0411. The van der Waals surface area contributed by atoms with Crippen molar-refractivity contribution in [1.29, 1.82) is 0 Å². The van der Waals surface area contributed by atoms with Crippen LogP contribution in [0.15, 0.2) is 0 Å². The van der Waals surface area contributed by atoms with Crippen LogP contribution in [0.1, 0.15) is 33.6 Å². The van der Waals surface area contributed by atoms with E-state index in [4.69, 9.17) is 9.47 Å². The van der Waals surface area contributed by atoms with Crippen LogP contribution in [0, 0.1) is 0 Å². The number of hydrogen-bond acceptors (Lipinski definition) is 3. The van der Waals surface area contributed by atoms with E-state index in [1.807, 2.05) is 18.7 Å². The van der Waals surface area contributed by atoms with Crippen LogP contribution < -0.4 is 0 Å². The molecule has 0 spiro atoms. The first-order valence-electron chi connectivity index (χ1n) is 5.65. The second-order valence-electron chi connectivity index (χ2n) is 4.76. The third kappa shape index (κ3) is 2.16. The van der Waals surface area contributed by atoms with Gasteiger partial charge >= 0.3 is 0 Å². The van der Waals surface area contributed by atoms with Crippen molar-refractivity contribution in [3.63, 3.8) is 0 Å². The zero-order valence-corrected chi connectivity index (χ0v) is 9.66. The number of nitrogens with zero attached hydrogens (tertiary/aromatic N) is 1. The van der Waals surface area contributed by atoms with Gasteiger partial charge in [-0.1, -0.05) is 6.92 Å². The van der Waals surface area contributed by atoms with Crippen molar-refractivity contribution in [3.05, 3.63) is 0 Å². The molecule has 4 nitrogen and oxygen atoms in total. The highest BCUT2D eigenvalue weighted by Gasteiger charge is 2.46. The van der Waals surface area contributed by atoms with Gasteiger partial charge in [0, 0.05) is 13.1 Å². The number of fused-ring (bicyclic) bond motifs is 1. The molecule has 2 atom stereocenters. The largest absolute Gasteiger partial charge is 0.344 e. The fourth-order valence-electron chi connectivity index (χ4n) is 2.34. The summed E-state index contributed by atoms with van der Waals surface area (Å²) in [5.74, 6) is -0.336. The predicted octanol–water partition coefficient (Wildman–Crippen LogP) is 1.15. The number of carbonyl (C=O) groups excluding carboxylic acids is 1. The van der Waals surface area contributed by atoms with Crippen molar-refractivity contribution in [2.75, 3.05) is 13.1 Å². The molecule has 15 heavy (non-hydrogen) atoms. The Hall–Kier alpha value is -0.610. The summed E-state index contributed by atoms with van der Waals surface area (Å²) in [5.41, 5.74) is 0. The Balaban J connectivity index is 2.02. The molecule has 2 heterocycles. The topological polar surface area (TPSA) is 38.8 Å². The SMILES string of the molecule is CCCN1CC2OC(C)(C)OC2CC1=O. The first-order chi connectivity index (χ1) is 7.02. The predicted molar refractivity (Wildman–Crippen MR) is 55.3 cm³/mol. The minimum Gasteiger partial charge on any atom is -0.344 e. The molecule has 86 valence electrons. The molecule has 2 saturated heterocycles. The van der Waals surface area contributed by atoms with E-state index < -0.39 is 5.79 Å². The van der Waals surface area contributed by atoms with Gasteiger partial charge in [-0.25, -0.2) is 0 Å². The summed E-state index contributed by atoms with van der Waals surface area (Å²) in [4.78, 5) is 13.6. The van der Waals surface area contributed by atoms with Gasteiger partial charge in [0.15, 0.2) is 5.79 Å². The fraction of sp³-hybridized carbons (Fsp3) is 0.909. The molecule has 0 radical (unpaired) electrons. The smallest absolute Gasteiger partial charge is 0.225 e. The van der Waals surface area contributed by atoms with Crippen LogP contribution in [0.5, 0.6) is 0 Å². The highest BCUT2D eigenvalue weighted by molar-refractivity contribution is 5.77. The number of carbonyl (C=O) groups is 1. The Labute approximate surface area is 90.5 Å². The van der Waals surface area contributed by atoms with Crippen molar-refractivity contribution in [2.45, 2.75) is 51.6 Å². The van der Waals surface area contributed by atoms with E-state index in [1.54, 1.807) is 0 Å². The van der Waals surface area contributed by atoms with Gasteiger partial charge in [0.2, 0.25) is 5.91 Å². The number of piperidine rings is 1. The van der Waals surface area contributed by atoms with Crippen LogP contribution >= 0.6 is 0 Å². The van der Waals surface area contributed by atoms with Crippen LogP contribution in [0.3, 0.4) is 0 Å². The summed E-state index contributed by atoms with van der Waals surface area (Å²) in [6.45, 7) is 7.39. The average Bonchev–Trinajstić information content (AvgIpc) is 2.39. The van der Waals surface area contributed by atoms with E-state index in [0.717, 1.165) is 13.0 Å². The summed E-state index contributed by atoms with van der Waals surface area (Å²) in [5, 5.41) is 0. The van der Waals surface area contributed by atoms with Gasteiger partial charge in [-0.3, -0.25) is 4.79 Å². The van der Waals surface area contributed by atoms with E-state index in [1.165, 1.54) is 0 Å². The lowest BCUT2D eigenvalue weighted by atomic mass is 10.0. The van der Waals surface area contributed by atoms with E-state index in [2.05, 4.69) is 6.92 Å². The monoisotopic (exact) mass is 213 g/mol. The average molecular weight is 213 g/mol. The van der Waals surface area contributed by atoms with E-state index in [0.29, 0.717) is 13.0 Å². The van der Waals surface area contributed by atoms with Crippen LogP contribution in [0.25, 0.3) is 0 Å². The maximum absolute atomic E-state index is 11.7. The molecule has 2 fully saturated rings. The van der Waals surface area contributed by atoms with Gasteiger partial charge in [0.1, 0.15) is 6.10 Å². The van der Waals surface area contributed by atoms with Crippen LogP contribution in [0.2, 0.25) is 0 Å². The summed E-state index contributed by atoms with van der Waals surface area (Å²) in [7, 11) is 0. The zero-order valence-electron chi connectivity index (χ0n) is 9.66. The van der Waals surface area contributed by atoms with Gasteiger partial charge in [0.25, 0.3) is 0 Å². The van der Waals surface area contributed by atoms with Crippen LogP contribution in [-0.2, 0) is 14.3 Å². The van der Waals surface area contributed by atoms with Gasteiger partial charge in [0.05, 0.1) is 12.5 Å².